The van der Waals surface area contributed by atoms with Crippen LogP contribution in [-0.2, 0) is 19.3 Å². The maximum atomic E-state index is 5.38. The van der Waals surface area contributed by atoms with E-state index in [0.717, 1.165) is 30.3 Å². The fourth-order valence-corrected chi connectivity index (χ4v) is 3.98. The Kier molecular flexibility index (Phi) is 6.27. The lowest BCUT2D eigenvalue weighted by Gasteiger charge is -1.98. The van der Waals surface area contributed by atoms with Crippen LogP contribution in [0.1, 0.15) is 39.8 Å². The summed E-state index contributed by atoms with van der Waals surface area (Å²) < 4.78 is 15.7. The van der Waals surface area contributed by atoms with Crippen LogP contribution in [0.15, 0.2) is 54.6 Å². The van der Waals surface area contributed by atoms with E-state index in [9.17, 15) is 0 Å². The molecule has 0 aromatic heterocycles. The standard InChI is InChI=1S/C10H12.C9H10O.C8H8O2/c1-8-5-6-9-3-2-4-10(9)7-8;1-7-2-3-8-4-5-10-9(8)6-7;1-6-2-3-7-8(4-6)10-5-9-7/h5-7H,2-4H2,1H3;2-3,6H,4-5H2,1H3;2-4H,5H2,1H3. The molecule has 0 bridgehead atoms. The van der Waals surface area contributed by atoms with Crippen molar-refractivity contribution < 1.29 is 14.2 Å². The average molecular weight is 403 g/mol. The molecular formula is C27H30O3. The van der Waals surface area contributed by atoms with E-state index < -0.39 is 0 Å². The molecular weight excluding hydrogens is 372 g/mol. The fraction of sp³-hybridized carbons (Fsp3) is 0.333. The SMILES string of the molecule is Cc1ccc2c(c1)CCC2.Cc1ccc2c(c1)OCC2.Cc1ccc2c(c1)OCO2. The Morgan fingerprint density at radius 3 is 2.00 bits per heavy atom. The molecule has 0 atom stereocenters. The molecule has 6 rings (SSSR count). The van der Waals surface area contributed by atoms with Crippen LogP contribution in [-0.4, -0.2) is 13.4 Å². The maximum Gasteiger partial charge on any atom is 0.231 e. The fourth-order valence-electron chi connectivity index (χ4n) is 3.98. The van der Waals surface area contributed by atoms with Crippen molar-refractivity contribution in [3.8, 4) is 17.2 Å². The summed E-state index contributed by atoms with van der Waals surface area (Å²) >= 11 is 0. The van der Waals surface area contributed by atoms with Gasteiger partial charge in [-0.3, -0.25) is 0 Å². The molecule has 30 heavy (non-hydrogen) atoms. The molecule has 0 saturated heterocycles. The normalized spacial score (nSPS) is 14.5. The highest BCUT2D eigenvalue weighted by Crippen LogP contribution is 2.32. The third-order valence-corrected chi connectivity index (χ3v) is 5.63. The van der Waals surface area contributed by atoms with E-state index in [1.54, 1.807) is 11.1 Å². The first-order valence-electron chi connectivity index (χ1n) is 10.8. The predicted molar refractivity (Wildman–Crippen MR) is 121 cm³/mol. The van der Waals surface area contributed by atoms with Gasteiger partial charge in [0, 0.05) is 6.42 Å². The first-order valence-corrected chi connectivity index (χ1v) is 10.8. The van der Waals surface area contributed by atoms with Crippen molar-refractivity contribution in [2.75, 3.05) is 13.4 Å². The van der Waals surface area contributed by atoms with Gasteiger partial charge in [0.15, 0.2) is 11.5 Å². The minimum absolute atomic E-state index is 0.360. The number of fused-ring (bicyclic) bond motifs is 3. The molecule has 2 heterocycles. The monoisotopic (exact) mass is 402 g/mol. The Balaban J connectivity index is 0.000000109. The molecule has 3 aliphatic rings. The number of rotatable bonds is 0. The lowest BCUT2D eigenvalue weighted by molar-refractivity contribution is 0.174. The second kappa shape index (κ2) is 9.25. The Bertz CT molecular complexity index is 891. The molecule has 0 unspecified atom stereocenters. The van der Waals surface area contributed by atoms with E-state index in [2.05, 4.69) is 50.2 Å². The van der Waals surface area contributed by atoms with E-state index in [0.29, 0.717) is 6.79 Å². The zero-order chi connectivity index (χ0) is 20.9. The van der Waals surface area contributed by atoms with Crippen molar-refractivity contribution in [1.29, 1.82) is 0 Å². The molecule has 3 aromatic rings. The van der Waals surface area contributed by atoms with E-state index in [4.69, 9.17) is 14.2 Å². The maximum absolute atomic E-state index is 5.38. The molecule has 3 nitrogen and oxygen atoms in total. The third kappa shape index (κ3) is 4.96. The highest BCUT2D eigenvalue weighted by Gasteiger charge is 2.12. The van der Waals surface area contributed by atoms with Gasteiger partial charge in [-0.25, -0.2) is 0 Å². The molecule has 0 spiro atoms. The molecule has 0 radical (unpaired) electrons. The molecule has 0 saturated carbocycles. The summed E-state index contributed by atoms with van der Waals surface area (Å²) in [5, 5.41) is 0. The molecule has 2 aliphatic heterocycles. The van der Waals surface area contributed by atoms with Crippen molar-refractivity contribution >= 4 is 0 Å². The van der Waals surface area contributed by atoms with Crippen LogP contribution in [0.25, 0.3) is 0 Å². The summed E-state index contributed by atoms with van der Waals surface area (Å²) in [7, 11) is 0. The summed E-state index contributed by atoms with van der Waals surface area (Å²) in [5.41, 5.74) is 8.39. The van der Waals surface area contributed by atoms with Crippen LogP contribution in [0.2, 0.25) is 0 Å². The van der Waals surface area contributed by atoms with E-state index in [1.165, 1.54) is 41.5 Å². The number of aryl methyl sites for hydroxylation is 5. The number of benzene rings is 3. The number of hydrogen-bond acceptors (Lipinski definition) is 3. The van der Waals surface area contributed by atoms with Gasteiger partial charge in [0.2, 0.25) is 6.79 Å². The quantitative estimate of drug-likeness (QED) is 0.452. The molecule has 0 fully saturated rings. The van der Waals surface area contributed by atoms with E-state index >= 15 is 0 Å². The molecule has 3 heteroatoms. The summed E-state index contributed by atoms with van der Waals surface area (Å²) in [5.74, 6) is 2.80. The highest BCUT2D eigenvalue weighted by atomic mass is 16.7. The first-order chi connectivity index (χ1) is 14.6. The van der Waals surface area contributed by atoms with Gasteiger partial charge in [0.25, 0.3) is 0 Å². The van der Waals surface area contributed by atoms with Gasteiger partial charge in [-0.15, -0.1) is 0 Å². The van der Waals surface area contributed by atoms with Crippen molar-refractivity contribution in [2.24, 2.45) is 0 Å². The Labute approximate surface area is 179 Å². The summed E-state index contributed by atoms with van der Waals surface area (Å²) in [6, 6.07) is 19.1. The van der Waals surface area contributed by atoms with Gasteiger partial charge in [0.05, 0.1) is 6.61 Å². The lowest BCUT2D eigenvalue weighted by Crippen LogP contribution is -1.92. The van der Waals surface area contributed by atoms with Crippen LogP contribution < -0.4 is 14.2 Å². The minimum Gasteiger partial charge on any atom is -0.493 e. The van der Waals surface area contributed by atoms with Crippen LogP contribution in [0.5, 0.6) is 17.2 Å². The van der Waals surface area contributed by atoms with Crippen molar-refractivity contribution in [1.82, 2.24) is 0 Å². The lowest BCUT2D eigenvalue weighted by atomic mass is 10.1. The second-order valence-corrected chi connectivity index (χ2v) is 8.19. The first kappa shape index (κ1) is 20.3. The van der Waals surface area contributed by atoms with E-state index in [-0.39, 0.29) is 0 Å². The van der Waals surface area contributed by atoms with Crippen molar-refractivity contribution in [3.63, 3.8) is 0 Å². The Hall–Kier alpha value is -2.94. The van der Waals surface area contributed by atoms with Crippen molar-refractivity contribution in [3.05, 3.63) is 88.0 Å². The topological polar surface area (TPSA) is 27.7 Å². The van der Waals surface area contributed by atoms with Gasteiger partial charge in [-0.1, -0.05) is 42.0 Å². The van der Waals surface area contributed by atoms with E-state index in [1.807, 2.05) is 25.1 Å². The second-order valence-electron chi connectivity index (χ2n) is 8.19. The summed E-state index contributed by atoms with van der Waals surface area (Å²) in [6.07, 6.45) is 5.04. The Morgan fingerprint density at radius 1 is 0.533 bits per heavy atom. The van der Waals surface area contributed by atoms with Crippen LogP contribution in [0.4, 0.5) is 0 Å². The van der Waals surface area contributed by atoms with Crippen LogP contribution in [0, 0.1) is 20.8 Å². The van der Waals surface area contributed by atoms with Gasteiger partial charge in [0.1, 0.15) is 5.75 Å². The molecule has 1 aliphatic carbocycles. The molecule has 156 valence electrons. The van der Waals surface area contributed by atoms with Crippen molar-refractivity contribution in [2.45, 2.75) is 46.5 Å². The highest BCUT2D eigenvalue weighted by molar-refractivity contribution is 5.44. The Morgan fingerprint density at radius 2 is 1.17 bits per heavy atom. The average Bonchev–Trinajstić information content (AvgIpc) is 3.48. The summed E-state index contributed by atoms with van der Waals surface area (Å²) in [4.78, 5) is 0. The molecule has 3 aromatic carbocycles. The van der Waals surface area contributed by atoms with Gasteiger partial charge in [-0.05, 0) is 86.1 Å². The van der Waals surface area contributed by atoms with Gasteiger partial charge >= 0.3 is 0 Å². The van der Waals surface area contributed by atoms with Gasteiger partial charge in [-0.2, -0.15) is 0 Å². The number of ether oxygens (including phenoxy) is 3. The van der Waals surface area contributed by atoms with Crippen LogP contribution >= 0.6 is 0 Å². The third-order valence-electron chi connectivity index (χ3n) is 5.63. The van der Waals surface area contributed by atoms with Crippen LogP contribution in [0.3, 0.4) is 0 Å². The molecule has 0 amide bonds. The number of hydrogen-bond donors (Lipinski definition) is 0. The van der Waals surface area contributed by atoms with Gasteiger partial charge < -0.3 is 14.2 Å². The predicted octanol–water partition coefficient (Wildman–Crippen LogP) is 6.14. The minimum atomic E-state index is 0.360. The zero-order valence-corrected chi connectivity index (χ0v) is 18.2. The molecule has 0 N–H and O–H groups in total. The zero-order valence-electron chi connectivity index (χ0n) is 18.2. The smallest absolute Gasteiger partial charge is 0.231 e. The summed E-state index contributed by atoms with van der Waals surface area (Å²) in [6.45, 7) is 7.50. The largest absolute Gasteiger partial charge is 0.493 e.